The van der Waals surface area contributed by atoms with Crippen LogP contribution in [0.1, 0.15) is 16.7 Å². The summed E-state index contributed by atoms with van der Waals surface area (Å²) in [4.78, 5) is 0.269. The van der Waals surface area contributed by atoms with Crippen molar-refractivity contribution in [3.63, 3.8) is 0 Å². The number of halogens is 1. The van der Waals surface area contributed by atoms with E-state index in [1.165, 1.54) is 11.1 Å². The molecule has 21 heavy (non-hydrogen) atoms. The summed E-state index contributed by atoms with van der Waals surface area (Å²) in [6.07, 6.45) is 0.676. The molecule has 2 rings (SSSR count). The van der Waals surface area contributed by atoms with Crippen LogP contribution < -0.4 is 4.72 Å². The van der Waals surface area contributed by atoms with E-state index in [4.69, 9.17) is 0 Å². The zero-order chi connectivity index (χ0) is 15.5. The van der Waals surface area contributed by atoms with Gasteiger partial charge in [-0.1, -0.05) is 35.9 Å². The number of aryl methyl sites for hydroxylation is 2. The van der Waals surface area contributed by atoms with Gasteiger partial charge < -0.3 is 0 Å². The Bertz CT molecular complexity index is 742. The molecule has 0 saturated carbocycles. The van der Waals surface area contributed by atoms with Crippen LogP contribution in [0, 0.1) is 13.8 Å². The van der Waals surface area contributed by atoms with Crippen molar-refractivity contribution in [1.29, 1.82) is 0 Å². The van der Waals surface area contributed by atoms with Gasteiger partial charge in [0.15, 0.2) is 0 Å². The first kappa shape index (κ1) is 16.2. The molecule has 2 aromatic rings. The first-order valence-electron chi connectivity index (χ1n) is 6.70. The van der Waals surface area contributed by atoms with E-state index >= 15 is 0 Å². The normalized spacial score (nSPS) is 11.6. The van der Waals surface area contributed by atoms with Crippen molar-refractivity contribution in [3.05, 3.63) is 63.6 Å². The summed E-state index contributed by atoms with van der Waals surface area (Å²) in [7, 11) is -3.48. The van der Waals surface area contributed by atoms with Crippen LogP contribution in [0.15, 0.2) is 51.8 Å². The lowest BCUT2D eigenvalue weighted by molar-refractivity contribution is 0.581. The van der Waals surface area contributed by atoms with Gasteiger partial charge in [0.05, 0.1) is 4.90 Å². The third kappa shape index (κ3) is 4.15. The smallest absolute Gasteiger partial charge is 0.211 e. The number of hydrogen-bond donors (Lipinski definition) is 1. The van der Waals surface area contributed by atoms with Crippen molar-refractivity contribution >= 4 is 26.0 Å². The van der Waals surface area contributed by atoms with Crippen molar-refractivity contribution in [2.24, 2.45) is 0 Å². The Kier molecular flexibility index (Phi) is 5.19. The van der Waals surface area contributed by atoms with E-state index < -0.39 is 10.0 Å². The monoisotopic (exact) mass is 367 g/mol. The van der Waals surface area contributed by atoms with Crippen LogP contribution in [0.4, 0.5) is 0 Å². The molecule has 112 valence electrons. The fourth-order valence-corrected chi connectivity index (χ4v) is 4.22. The molecule has 1 N–H and O–H groups in total. The second kappa shape index (κ2) is 6.73. The van der Waals surface area contributed by atoms with Gasteiger partial charge in [-0.3, -0.25) is 0 Å². The molecule has 0 amide bonds. The van der Waals surface area contributed by atoms with Gasteiger partial charge in [0.1, 0.15) is 0 Å². The Morgan fingerprint density at radius 1 is 1.10 bits per heavy atom. The van der Waals surface area contributed by atoms with Gasteiger partial charge in [0.2, 0.25) is 10.0 Å². The Morgan fingerprint density at radius 2 is 1.81 bits per heavy atom. The highest BCUT2D eigenvalue weighted by molar-refractivity contribution is 9.10. The second-order valence-electron chi connectivity index (χ2n) is 5.01. The van der Waals surface area contributed by atoms with E-state index in [1.54, 1.807) is 24.3 Å². The molecule has 0 aliphatic rings. The standard InChI is InChI=1S/C16H18BrNO2S/c1-12-7-8-14(13(2)11-12)9-10-18-21(19,20)16-6-4-3-5-15(16)17/h3-8,11,18H,9-10H2,1-2H3. The minimum absolute atomic E-state index is 0.269. The minimum atomic E-state index is -3.48. The van der Waals surface area contributed by atoms with Crippen molar-refractivity contribution < 1.29 is 8.42 Å². The molecule has 0 fully saturated rings. The molecule has 3 nitrogen and oxygen atoms in total. The predicted octanol–water partition coefficient (Wildman–Crippen LogP) is 3.59. The summed E-state index contributed by atoms with van der Waals surface area (Å²) in [5.41, 5.74) is 3.57. The molecule has 0 atom stereocenters. The van der Waals surface area contributed by atoms with Crippen LogP contribution in [0.5, 0.6) is 0 Å². The number of sulfonamides is 1. The minimum Gasteiger partial charge on any atom is -0.211 e. The van der Waals surface area contributed by atoms with E-state index in [0.717, 1.165) is 5.56 Å². The molecule has 0 radical (unpaired) electrons. The zero-order valence-corrected chi connectivity index (χ0v) is 14.5. The van der Waals surface area contributed by atoms with Crippen molar-refractivity contribution in [3.8, 4) is 0 Å². The zero-order valence-electron chi connectivity index (χ0n) is 12.1. The molecule has 0 aliphatic carbocycles. The van der Waals surface area contributed by atoms with Crippen molar-refractivity contribution in [1.82, 2.24) is 4.72 Å². The number of nitrogens with one attached hydrogen (secondary N) is 1. The van der Waals surface area contributed by atoms with Crippen LogP contribution >= 0.6 is 15.9 Å². The highest BCUT2D eigenvalue weighted by Gasteiger charge is 2.16. The maximum absolute atomic E-state index is 12.2. The Labute approximate surface area is 134 Å². The highest BCUT2D eigenvalue weighted by Crippen LogP contribution is 2.20. The van der Waals surface area contributed by atoms with Crippen LogP contribution in [0.25, 0.3) is 0 Å². The van der Waals surface area contributed by atoms with E-state index in [0.29, 0.717) is 17.4 Å². The molecule has 5 heteroatoms. The summed E-state index contributed by atoms with van der Waals surface area (Å²) >= 11 is 3.27. The van der Waals surface area contributed by atoms with Crippen LogP contribution in [-0.4, -0.2) is 15.0 Å². The fraction of sp³-hybridized carbons (Fsp3) is 0.250. The van der Waals surface area contributed by atoms with Crippen LogP contribution in [0.2, 0.25) is 0 Å². The molecule has 0 heterocycles. The summed E-state index contributed by atoms with van der Waals surface area (Å²) in [6, 6.07) is 13.0. The van der Waals surface area contributed by atoms with Gasteiger partial charge in [0, 0.05) is 11.0 Å². The number of rotatable bonds is 5. The number of benzene rings is 2. The topological polar surface area (TPSA) is 46.2 Å². The summed E-state index contributed by atoms with van der Waals surface area (Å²) in [6.45, 7) is 4.48. The average Bonchev–Trinajstić information content (AvgIpc) is 2.41. The van der Waals surface area contributed by atoms with Crippen molar-refractivity contribution in [2.45, 2.75) is 25.2 Å². The SMILES string of the molecule is Cc1ccc(CCNS(=O)(=O)c2ccccc2Br)c(C)c1. The predicted molar refractivity (Wildman–Crippen MR) is 89.0 cm³/mol. The largest absolute Gasteiger partial charge is 0.241 e. The number of hydrogen-bond acceptors (Lipinski definition) is 2. The maximum atomic E-state index is 12.2. The fourth-order valence-electron chi connectivity index (χ4n) is 2.19. The van der Waals surface area contributed by atoms with E-state index in [9.17, 15) is 8.42 Å². The van der Waals surface area contributed by atoms with Gasteiger partial charge in [-0.15, -0.1) is 0 Å². The highest BCUT2D eigenvalue weighted by atomic mass is 79.9. The molecule has 2 aromatic carbocycles. The second-order valence-corrected chi connectivity index (χ2v) is 7.60. The average molecular weight is 368 g/mol. The Balaban J connectivity index is 2.04. The third-order valence-electron chi connectivity index (χ3n) is 3.31. The molecule has 0 aromatic heterocycles. The van der Waals surface area contributed by atoms with E-state index in [1.807, 2.05) is 19.9 Å². The van der Waals surface area contributed by atoms with Gasteiger partial charge in [-0.2, -0.15) is 0 Å². The van der Waals surface area contributed by atoms with Gasteiger partial charge in [0.25, 0.3) is 0 Å². The molecule has 0 spiro atoms. The third-order valence-corrected chi connectivity index (χ3v) is 5.78. The van der Waals surface area contributed by atoms with Crippen LogP contribution in [0.3, 0.4) is 0 Å². The summed E-state index contributed by atoms with van der Waals surface area (Å²) < 4.78 is 27.7. The van der Waals surface area contributed by atoms with E-state index in [-0.39, 0.29) is 4.90 Å². The van der Waals surface area contributed by atoms with Gasteiger partial charge in [-0.05, 0) is 59.5 Å². The quantitative estimate of drug-likeness (QED) is 0.877. The molecular formula is C16H18BrNO2S. The Hall–Kier alpha value is -1.17. The van der Waals surface area contributed by atoms with Crippen LogP contribution in [-0.2, 0) is 16.4 Å². The van der Waals surface area contributed by atoms with E-state index in [2.05, 4.69) is 32.8 Å². The Morgan fingerprint density at radius 3 is 2.48 bits per heavy atom. The van der Waals surface area contributed by atoms with Gasteiger partial charge >= 0.3 is 0 Å². The summed E-state index contributed by atoms with van der Waals surface area (Å²) in [5, 5.41) is 0. The lowest BCUT2D eigenvalue weighted by Crippen LogP contribution is -2.26. The molecule has 0 saturated heterocycles. The molecule has 0 aliphatic heterocycles. The lowest BCUT2D eigenvalue weighted by Gasteiger charge is -2.10. The molecule has 0 unspecified atom stereocenters. The van der Waals surface area contributed by atoms with Crippen molar-refractivity contribution in [2.75, 3.05) is 6.54 Å². The molecular weight excluding hydrogens is 350 g/mol. The first-order chi connectivity index (χ1) is 9.90. The first-order valence-corrected chi connectivity index (χ1v) is 8.98. The van der Waals surface area contributed by atoms with Gasteiger partial charge in [-0.25, -0.2) is 13.1 Å². The maximum Gasteiger partial charge on any atom is 0.241 e. The molecule has 0 bridgehead atoms. The summed E-state index contributed by atoms with van der Waals surface area (Å²) in [5.74, 6) is 0. The lowest BCUT2D eigenvalue weighted by atomic mass is 10.0.